The predicted molar refractivity (Wildman–Crippen MR) is 129 cm³/mol. The van der Waals surface area contributed by atoms with Crippen molar-refractivity contribution in [1.29, 1.82) is 0 Å². The summed E-state index contributed by atoms with van der Waals surface area (Å²) >= 11 is 3.00. The highest BCUT2D eigenvalue weighted by atomic mass is 32.1. The third-order valence-corrected chi connectivity index (χ3v) is 6.98. The van der Waals surface area contributed by atoms with Crippen molar-refractivity contribution >= 4 is 44.7 Å². The number of thiophene rings is 1. The molecule has 0 aliphatic rings. The number of amides is 1. The molecule has 0 fully saturated rings. The van der Waals surface area contributed by atoms with Gasteiger partial charge < -0.3 is 0 Å². The lowest BCUT2D eigenvalue weighted by Gasteiger charge is -2.09. The second kappa shape index (κ2) is 8.25. The van der Waals surface area contributed by atoms with Gasteiger partial charge >= 0.3 is 0 Å². The van der Waals surface area contributed by atoms with Crippen molar-refractivity contribution in [3.63, 3.8) is 0 Å². The number of nitrogens with one attached hydrogen (secondary N) is 1. The van der Waals surface area contributed by atoms with Gasteiger partial charge in [-0.2, -0.15) is 5.10 Å². The number of hydrogen-bond donors (Lipinski definition) is 1. The average molecular weight is 461 g/mol. The van der Waals surface area contributed by atoms with Crippen LogP contribution in [0.4, 0.5) is 5.13 Å². The zero-order chi connectivity index (χ0) is 22.2. The quantitative estimate of drug-likeness (QED) is 0.357. The van der Waals surface area contributed by atoms with E-state index >= 15 is 0 Å². The van der Waals surface area contributed by atoms with E-state index in [2.05, 4.69) is 20.4 Å². The van der Waals surface area contributed by atoms with E-state index in [0.29, 0.717) is 16.3 Å². The van der Waals surface area contributed by atoms with Crippen LogP contribution in [0.15, 0.2) is 54.2 Å². The van der Waals surface area contributed by atoms with E-state index in [1.165, 1.54) is 11.3 Å². The number of anilines is 1. The highest BCUT2D eigenvalue weighted by Crippen LogP contribution is 2.33. The maximum Gasteiger partial charge on any atom is 0.258 e. The Morgan fingerprint density at radius 3 is 2.72 bits per heavy atom. The molecular formula is C23H20N6OS2. The molecule has 0 aliphatic heterocycles. The Kier molecular flexibility index (Phi) is 5.28. The van der Waals surface area contributed by atoms with Crippen LogP contribution in [0.5, 0.6) is 0 Å². The van der Waals surface area contributed by atoms with Crippen molar-refractivity contribution in [2.45, 2.75) is 26.8 Å². The first kappa shape index (κ1) is 20.5. The van der Waals surface area contributed by atoms with Crippen molar-refractivity contribution in [1.82, 2.24) is 24.7 Å². The fraction of sp³-hybridized carbons (Fsp3) is 0.174. The highest BCUT2D eigenvalue weighted by Gasteiger charge is 2.20. The fourth-order valence-corrected chi connectivity index (χ4v) is 5.11. The van der Waals surface area contributed by atoms with E-state index in [1.54, 1.807) is 23.7 Å². The number of rotatable bonds is 5. The Labute approximate surface area is 192 Å². The summed E-state index contributed by atoms with van der Waals surface area (Å²) < 4.78 is 1.84. The lowest BCUT2D eigenvalue weighted by Crippen LogP contribution is -2.13. The standard InChI is InChI=1S/C23H20N6OS2/c1-13(2)29-21-16(12-25-29)15(11-18(27-21)19-8-6-10-31-19)22(30)28-23-26-14(3)20(32-23)17-7-4-5-9-24-17/h4-13H,1-3H3,(H,26,28,30). The van der Waals surface area contributed by atoms with E-state index in [9.17, 15) is 4.79 Å². The average Bonchev–Trinajstić information content (AvgIpc) is 3.53. The van der Waals surface area contributed by atoms with Crippen LogP contribution >= 0.6 is 22.7 Å². The smallest absolute Gasteiger partial charge is 0.258 e. The molecule has 160 valence electrons. The molecule has 0 aromatic carbocycles. The summed E-state index contributed by atoms with van der Waals surface area (Å²) in [5.41, 5.74) is 3.64. The van der Waals surface area contributed by atoms with Crippen molar-refractivity contribution < 1.29 is 4.79 Å². The highest BCUT2D eigenvalue weighted by molar-refractivity contribution is 7.19. The zero-order valence-corrected chi connectivity index (χ0v) is 19.4. The maximum atomic E-state index is 13.4. The second-order valence-electron chi connectivity index (χ2n) is 7.56. The van der Waals surface area contributed by atoms with Gasteiger partial charge in [0.25, 0.3) is 5.91 Å². The number of hydrogen-bond acceptors (Lipinski definition) is 7. The van der Waals surface area contributed by atoms with Crippen molar-refractivity contribution in [2.75, 3.05) is 5.32 Å². The largest absolute Gasteiger partial charge is 0.298 e. The van der Waals surface area contributed by atoms with Gasteiger partial charge in [0.2, 0.25) is 0 Å². The minimum atomic E-state index is -0.236. The molecule has 5 heterocycles. The molecule has 1 amide bonds. The first-order valence-electron chi connectivity index (χ1n) is 10.1. The molecule has 5 rings (SSSR count). The van der Waals surface area contributed by atoms with Crippen LogP contribution in [-0.4, -0.2) is 30.6 Å². The van der Waals surface area contributed by atoms with Crippen molar-refractivity contribution in [2.24, 2.45) is 0 Å². The van der Waals surface area contributed by atoms with E-state index in [1.807, 2.05) is 67.2 Å². The molecule has 9 heteroatoms. The normalized spacial score (nSPS) is 11.4. The van der Waals surface area contributed by atoms with Gasteiger partial charge in [-0.3, -0.25) is 15.1 Å². The maximum absolute atomic E-state index is 13.4. The summed E-state index contributed by atoms with van der Waals surface area (Å²) in [5.74, 6) is -0.236. The fourth-order valence-electron chi connectivity index (χ4n) is 3.48. The number of aromatic nitrogens is 5. The van der Waals surface area contributed by atoms with Crippen LogP contribution in [0.25, 0.3) is 32.2 Å². The third kappa shape index (κ3) is 3.69. The molecule has 0 saturated heterocycles. The first-order chi connectivity index (χ1) is 15.5. The van der Waals surface area contributed by atoms with Crippen LogP contribution in [0.3, 0.4) is 0 Å². The summed E-state index contributed by atoms with van der Waals surface area (Å²) in [6.45, 7) is 6.01. The monoisotopic (exact) mass is 460 g/mol. The van der Waals surface area contributed by atoms with Gasteiger partial charge in [0.05, 0.1) is 44.0 Å². The Morgan fingerprint density at radius 2 is 2.00 bits per heavy atom. The number of thiazole rings is 1. The van der Waals surface area contributed by atoms with Gasteiger partial charge in [-0.05, 0) is 50.4 Å². The molecule has 0 saturated carbocycles. The molecule has 7 nitrogen and oxygen atoms in total. The van der Waals surface area contributed by atoms with Crippen molar-refractivity contribution in [3.05, 3.63) is 65.4 Å². The van der Waals surface area contributed by atoms with E-state index in [0.717, 1.165) is 32.2 Å². The third-order valence-electron chi connectivity index (χ3n) is 4.99. The van der Waals surface area contributed by atoms with E-state index < -0.39 is 0 Å². The van der Waals surface area contributed by atoms with E-state index in [4.69, 9.17) is 4.98 Å². The number of nitrogens with zero attached hydrogens (tertiary/aromatic N) is 5. The number of pyridine rings is 2. The van der Waals surface area contributed by atoms with Crippen molar-refractivity contribution in [3.8, 4) is 21.1 Å². The van der Waals surface area contributed by atoms with Crippen LogP contribution in [0.1, 0.15) is 35.9 Å². The number of aryl methyl sites for hydroxylation is 1. The molecule has 0 aliphatic carbocycles. The van der Waals surface area contributed by atoms with Gasteiger partial charge in [0.15, 0.2) is 10.8 Å². The number of carbonyl (C=O) groups excluding carboxylic acids is 1. The molecule has 5 aromatic rings. The Balaban J connectivity index is 1.55. The van der Waals surface area contributed by atoms with Gasteiger partial charge in [0.1, 0.15) is 0 Å². The van der Waals surface area contributed by atoms with E-state index in [-0.39, 0.29) is 11.9 Å². The van der Waals surface area contributed by atoms with Crippen LogP contribution in [-0.2, 0) is 0 Å². The summed E-state index contributed by atoms with van der Waals surface area (Å²) in [6.07, 6.45) is 3.46. The van der Waals surface area contributed by atoms with Gasteiger partial charge in [-0.15, -0.1) is 11.3 Å². The lowest BCUT2D eigenvalue weighted by atomic mass is 10.1. The summed E-state index contributed by atoms with van der Waals surface area (Å²) in [6, 6.07) is 11.7. The number of carbonyl (C=O) groups is 1. The Bertz CT molecular complexity index is 1400. The van der Waals surface area contributed by atoms with Crippen LogP contribution < -0.4 is 5.32 Å². The molecule has 0 atom stereocenters. The minimum Gasteiger partial charge on any atom is -0.298 e. The number of fused-ring (bicyclic) bond motifs is 1. The van der Waals surface area contributed by atoms with Crippen LogP contribution in [0, 0.1) is 6.92 Å². The molecule has 0 bridgehead atoms. The Morgan fingerprint density at radius 1 is 1.12 bits per heavy atom. The first-order valence-corrected chi connectivity index (χ1v) is 11.8. The summed E-state index contributed by atoms with van der Waals surface area (Å²) in [5, 5.41) is 10.7. The molecule has 0 radical (unpaired) electrons. The SMILES string of the molecule is Cc1nc(NC(=O)c2cc(-c3cccs3)nc3c2cnn3C(C)C)sc1-c1ccccn1. The molecule has 1 N–H and O–H groups in total. The predicted octanol–water partition coefficient (Wildman–Crippen LogP) is 5.82. The minimum absolute atomic E-state index is 0.122. The lowest BCUT2D eigenvalue weighted by molar-refractivity contribution is 0.102. The topological polar surface area (TPSA) is 85.6 Å². The van der Waals surface area contributed by atoms with Gasteiger partial charge in [0, 0.05) is 12.2 Å². The van der Waals surface area contributed by atoms with Crippen LogP contribution in [0.2, 0.25) is 0 Å². The summed E-state index contributed by atoms with van der Waals surface area (Å²) in [7, 11) is 0. The molecule has 5 aromatic heterocycles. The molecule has 0 unspecified atom stereocenters. The second-order valence-corrected chi connectivity index (χ2v) is 9.50. The molecular weight excluding hydrogens is 440 g/mol. The van der Waals surface area contributed by atoms with Gasteiger partial charge in [-0.25, -0.2) is 14.6 Å². The summed E-state index contributed by atoms with van der Waals surface area (Å²) in [4.78, 5) is 29.1. The molecule has 0 spiro atoms. The zero-order valence-electron chi connectivity index (χ0n) is 17.7. The molecule has 32 heavy (non-hydrogen) atoms. The Hall–Kier alpha value is -3.43. The van der Waals surface area contributed by atoms with Gasteiger partial charge in [-0.1, -0.05) is 23.5 Å².